The first-order chi connectivity index (χ1) is 20.7. The third kappa shape index (κ3) is 7.00. The van der Waals surface area contributed by atoms with Crippen molar-refractivity contribution in [1.29, 1.82) is 0 Å². The number of aromatic amines is 1. The van der Waals surface area contributed by atoms with Gasteiger partial charge in [0.25, 0.3) is 5.91 Å². The number of hydrogen-bond donors (Lipinski definition) is 3. The highest BCUT2D eigenvalue weighted by atomic mass is 35.5. The molecule has 0 bridgehead atoms. The van der Waals surface area contributed by atoms with Crippen LogP contribution in [-0.4, -0.2) is 61.8 Å². The standard InChI is InChI=1S/C29H29ClF2N8O3/c1-2-34-28(33)40(26(41)18-5-3-17(4-6-18)20-14-37-39(15-20)27(31)32)24(16-43-29(42)38-21-8-9-21)19-7-10-23(30)22(13-19)25-35-11-12-36-25/h3-7,10-15,21,24,27H,2,8-9,16H2,1H3,(H2,33,34)(H,35,36)(H,38,42)/t24-/m1/s1. The maximum atomic E-state index is 14.1. The highest BCUT2D eigenvalue weighted by Crippen LogP contribution is 2.32. The number of ether oxygens (including phenoxy) is 1. The Bertz CT molecular complexity index is 1600. The number of rotatable bonds is 10. The molecule has 0 unspecified atom stereocenters. The molecule has 2 aromatic carbocycles. The summed E-state index contributed by atoms with van der Waals surface area (Å²) < 4.78 is 32.1. The highest BCUT2D eigenvalue weighted by Gasteiger charge is 2.32. The van der Waals surface area contributed by atoms with E-state index in [1.165, 1.54) is 17.3 Å². The molecule has 0 radical (unpaired) electrons. The van der Waals surface area contributed by atoms with Crippen molar-refractivity contribution in [2.24, 2.45) is 10.7 Å². The second-order valence-electron chi connectivity index (χ2n) is 9.78. The van der Waals surface area contributed by atoms with Crippen molar-refractivity contribution in [3.05, 3.63) is 83.4 Å². The van der Waals surface area contributed by atoms with E-state index in [-0.39, 0.29) is 30.7 Å². The van der Waals surface area contributed by atoms with Crippen molar-refractivity contribution in [1.82, 2.24) is 30.0 Å². The van der Waals surface area contributed by atoms with Crippen molar-refractivity contribution >= 4 is 29.6 Å². The molecule has 0 spiro atoms. The monoisotopic (exact) mass is 610 g/mol. The number of nitrogens with one attached hydrogen (secondary N) is 2. The summed E-state index contributed by atoms with van der Waals surface area (Å²) in [5, 5.41) is 6.86. The third-order valence-electron chi connectivity index (χ3n) is 6.76. The molecule has 224 valence electrons. The van der Waals surface area contributed by atoms with Crippen LogP contribution in [0, 0.1) is 0 Å². The molecule has 43 heavy (non-hydrogen) atoms. The number of amides is 2. The van der Waals surface area contributed by atoms with Crippen LogP contribution in [0.25, 0.3) is 22.5 Å². The predicted molar refractivity (Wildman–Crippen MR) is 157 cm³/mol. The lowest BCUT2D eigenvalue weighted by Crippen LogP contribution is -2.46. The number of H-pyrrole nitrogens is 1. The lowest BCUT2D eigenvalue weighted by molar-refractivity contribution is 0.0566. The Labute approximate surface area is 250 Å². The number of imidazole rings is 1. The SMILES string of the molecule is CCN=C(N)N(C(=O)c1ccc(-c2cnn(C(F)F)c2)cc1)[C@H](COC(=O)NC1CC1)c1ccc(Cl)c(-c2ncc[nH]2)c1. The van der Waals surface area contributed by atoms with E-state index < -0.39 is 24.6 Å². The minimum Gasteiger partial charge on any atom is -0.447 e. The number of nitrogens with zero attached hydrogens (tertiary/aromatic N) is 5. The summed E-state index contributed by atoms with van der Waals surface area (Å²) in [5.74, 6) is -0.0902. The number of halogens is 3. The van der Waals surface area contributed by atoms with Crippen molar-refractivity contribution < 1.29 is 23.1 Å². The Morgan fingerprint density at radius 3 is 2.63 bits per heavy atom. The first-order valence-electron chi connectivity index (χ1n) is 13.5. The average Bonchev–Trinajstić information content (AvgIpc) is 3.42. The first-order valence-corrected chi connectivity index (χ1v) is 13.9. The summed E-state index contributed by atoms with van der Waals surface area (Å²) in [5.41, 5.74) is 8.81. The van der Waals surface area contributed by atoms with Crippen molar-refractivity contribution in [2.75, 3.05) is 13.2 Å². The van der Waals surface area contributed by atoms with E-state index in [0.717, 1.165) is 12.8 Å². The minimum atomic E-state index is -2.77. The lowest BCUT2D eigenvalue weighted by atomic mass is 10.0. The van der Waals surface area contributed by atoms with Crippen LogP contribution in [0.3, 0.4) is 0 Å². The fourth-order valence-corrected chi connectivity index (χ4v) is 4.64. The van der Waals surface area contributed by atoms with Gasteiger partial charge in [0.2, 0.25) is 0 Å². The first kappa shape index (κ1) is 29.7. The smallest absolute Gasteiger partial charge is 0.407 e. The fourth-order valence-electron chi connectivity index (χ4n) is 4.44. The van der Waals surface area contributed by atoms with E-state index in [1.54, 1.807) is 61.8 Å². The molecule has 4 aromatic rings. The van der Waals surface area contributed by atoms with Crippen LogP contribution in [0.4, 0.5) is 13.6 Å². The average molecular weight is 611 g/mol. The van der Waals surface area contributed by atoms with Gasteiger partial charge in [0, 0.05) is 47.9 Å². The fraction of sp³-hybridized carbons (Fsp3) is 0.276. The molecule has 1 atom stereocenters. The van der Waals surface area contributed by atoms with E-state index in [1.807, 2.05) is 0 Å². The molecule has 0 saturated heterocycles. The molecule has 5 rings (SSSR count). The van der Waals surface area contributed by atoms with Gasteiger partial charge in [-0.05, 0) is 55.2 Å². The second kappa shape index (κ2) is 13.0. The summed E-state index contributed by atoms with van der Waals surface area (Å²) in [7, 11) is 0. The molecule has 1 fully saturated rings. The van der Waals surface area contributed by atoms with Crippen LogP contribution in [0.5, 0.6) is 0 Å². The van der Waals surface area contributed by atoms with Crippen molar-refractivity contribution in [3.63, 3.8) is 0 Å². The Balaban J connectivity index is 1.50. The topological polar surface area (TPSA) is 144 Å². The number of carbonyl (C=O) groups is 2. The zero-order valence-electron chi connectivity index (χ0n) is 23.1. The van der Waals surface area contributed by atoms with Gasteiger partial charge in [-0.3, -0.25) is 14.7 Å². The number of aliphatic imine (C=N–C) groups is 1. The number of benzene rings is 2. The number of hydrogen-bond acceptors (Lipinski definition) is 6. The molecule has 4 N–H and O–H groups in total. The predicted octanol–water partition coefficient (Wildman–Crippen LogP) is 5.40. The molecule has 1 aliphatic rings. The van der Waals surface area contributed by atoms with Crippen molar-refractivity contribution in [2.45, 2.75) is 38.4 Å². The Kier molecular flexibility index (Phi) is 9.00. The van der Waals surface area contributed by atoms with Gasteiger partial charge in [-0.2, -0.15) is 13.9 Å². The van der Waals surface area contributed by atoms with E-state index in [2.05, 4.69) is 25.4 Å². The highest BCUT2D eigenvalue weighted by molar-refractivity contribution is 6.33. The number of alkyl carbamates (subject to hydrolysis) is 1. The molecule has 14 heteroatoms. The number of carbonyl (C=O) groups excluding carboxylic acids is 2. The maximum Gasteiger partial charge on any atom is 0.407 e. The zero-order chi connectivity index (χ0) is 30.5. The molecule has 2 heterocycles. The van der Waals surface area contributed by atoms with Gasteiger partial charge >= 0.3 is 12.6 Å². The summed E-state index contributed by atoms with van der Waals surface area (Å²) in [6.45, 7) is -0.948. The van der Waals surface area contributed by atoms with E-state index in [9.17, 15) is 18.4 Å². The van der Waals surface area contributed by atoms with E-state index >= 15 is 0 Å². The summed E-state index contributed by atoms with van der Waals surface area (Å²) in [6.07, 6.45) is 6.93. The summed E-state index contributed by atoms with van der Waals surface area (Å²) >= 11 is 6.49. The Hall–Kier alpha value is -4.78. The maximum absolute atomic E-state index is 14.1. The molecule has 1 aliphatic carbocycles. The third-order valence-corrected chi connectivity index (χ3v) is 7.09. The van der Waals surface area contributed by atoms with Crippen LogP contribution in [0.2, 0.25) is 5.02 Å². The Morgan fingerprint density at radius 1 is 1.23 bits per heavy atom. The van der Waals surface area contributed by atoms with E-state index in [4.69, 9.17) is 22.1 Å². The van der Waals surface area contributed by atoms with Crippen LogP contribution in [0.15, 0.2) is 72.2 Å². The largest absolute Gasteiger partial charge is 0.447 e. The normalized spacial score (nSPS) is 14.0. The van der Waals surface area contributed by atoms with Gasteiger partial charge < -0.3 is 20.8 Å². The second-order valence-corrected chi connectivity index (χ2v) is 10.2. The molecule has 2 amide bonds. The van der Waals surface area contributed by atoms with Gasteiger partial charge in [-0.1, -0.05) is 29.8 Å². The molecule has 1 saturated carbocycles. The number of guanidine groups is 1. The minimum absolute atomic E-state index is 0.0720. The molecular formula is C29H29ClF2N8O3. The summed E-state index contributed by atoms with van der Waals surface area (Å²) in [6, 6.07) is 10.6. The van der Waals surface area contributed by atoms with Gasteiger partial charge in [-0.25, -0.2) is 14.5 Å². The number of aromatic nitrogens is 4. The lowest BCUT2D eigenvalue weighted by Gasteiger charge is -2.31. The van der Waals surface area contributed by atoms with Crippen LogP contribution < -0.4 is 11.1 Å². The molecule has 0 aliphatic heterocycles. The van der Waals surface area contributed by atoms with Gasteiger partial charge in [0.1, 0.15) is 12.4 Å². The van der Waals surface area contributed by atoms with Crippen LogP contribution in [-0.2, 0) is 4.74 Å². The van der Waals surface area contributed by atoms with Gasteiger partial charge in [0.15, 0.2) is 5.96 Å². The van der Waals surface area contributed by atoms with Gasteiger partial charge in [-0.15, -0.1) is 0 Å². The zero-order valence-corrected chi connectivity index (χ0v) is 23.8. The van der Waals surface area contributed by atoms with Crippen LogP contribution in [0.1, 0.15) is 48.3 Å². The number of nitrogens with two attached hydrogens (primary N) is 1. The van der Waals surface area contributed by atoms with Gasteiger partial charge in [0.05, 0.1) is 17.3 Å². The van der Waals surface area contributed by atoms with Crippen LogP contribution >= 0.6 is 11.6 Å². The summed E-state index contributed by atoms with van der Waals surface area (Å²) in [4.78, 5) is 39.5. The van der Waals surface area contributed by atoms with E-state index in [0.29, 0.717) is 37.8 Å². The Morgan fingerprint density at radius 2 is 2.00 bits per heavy atom. The molecule has 11 nitrogen and oxygen atoms in total. The van der Waals surface area contributed by atoms with Crippen molar-refractivity contribution in [3.8, 4) is 22.5 Å². The molecular weight excluding hydrogens is 582 g/mol. The quantitative estimate of drug-likeness (QED) is 0.162. The molecule has 2 aromatic heterocycles. The number of alkyl halides is 2.